The lowest BCUT2D eigenvalue weighted by Gasteiger charge is -1.97. The molecule has 0 saturated carbocycles. The molecule has 0 bridgehead atoms. The summed E-state index contributed by atoms with van der Waals surface area (Å²) in [5.74, 6) is -1.04. The summed E-state index contributed by atoms with van der Waals surface area (Å²) in [7, 11) is 0. The van der Waals surface area contributed by atoms with Crippen molar-refractivity contribution in [1.82, 2.24) is 0 Å². The van der Waals surface area contributed by atoms with Crippen molar-refractivity contribution < 1.29 is 15.0 Å². The SMILES string of the molecule is CC(C)=C(CO)C(=O)O. The van der Waals surface area contributed by atoms with E-state index in [1.807, 2.05) is 0 Å². The van der Waals surface area contributed by atoms with Gasteiger partial charge >= 0.3 is 5.97 Å². The molecular weight excluding hydrogens is 120 g/mol. The fourth-order valence-electron chi connectivity index (χ4n) is 0.440. The Morgan fingerprint density at radius 2 is 1.89 bits per heavy atom. The summed E-state index contributed by atoms with van der Waals surface area (Å²) in [5.41, 5.74) is 0.722. The molecule has 0 aliphatic rings. The van der Waals surface area contributed by atoms with Crippen LogP contribution in [0.3, 0.4) is 0 Å². The molecule has 0 aromatic rings. The third kappa shape index (κ3) is 2.28. The van der Waals surface area contributed by atoms with Crippen LogP contribution in [0.15, 0.2) is 11.1 Å². The molecule has 0 aliphatic heterocycles. The molecular formula is C6H10O3. The molecule has 0 spiro atoms. The molecule has 3 nitrogen and oxygen atoms in total. The van der Waals surface area contributed by atoms with Gasteiger partial charge in [0, 0.05) is 0 Å². The highest BCUT2D eigenvalue weighted by Crippen LogP contribution is 2.00. The Bertz CT molecular complexity index is 142. The first kappa shape index (κ1) is 8.17. The summed E-state index contributed by atoms with van der Waals surface area (Å²) in [6.07, 6.45) is 0. The van der Waals surface area contributed by atoms with Crippen LogP contribution in [0.1, 0.15) is 13.8 Å². The standard InChI is InChI=1S/C6H10O3/c1-4(2)5(3-7)6(8)9/h7H,3H2,1-2H3,(H,8,9). The van der Waals surface area contributed by atoms with Gasteiger partial charge in [0.2, 0.25) is 0 Å². The zero-order valence-corrected chi connectivity index (χ0v) is 5.51. The predicted octanol–water partition coefficient (Wildman–Crippen LogP) is 0.400. The van der Waals surface area contributed by atoms with Crippen LogP contribution >= 0.6 is 0 Å². The van der Waals surface area contributed by atoms with E-state index in [0.29, 0.717) is 5.57 Å². The number of allylic oxidation sites excluding steroid dienone is 1. The molecule has 9 heavy (non-hydrogen) atoms. The van der Waals surface area contributed by atoms with E-state index in [1.165, 1.54) is 0 Å². The molecule has 2 N–H and O–H groups in total. The summed E-state index contributed by atoms with van der Waals surface area (Å²) in [6.45, 7) is 2.91. The fraction of sp³-hybridized carbons (Fsp3) is 0.500. The van der Waals surface area contributed by atoms with E-state index in [0.717, 1.165) is 0 Å². The molecule has 0 fully saturated rings. The van der Waals surface area contributed by atoms with Crippen molar-refractivity contribution >= 4 is 5.97 Å². The van der Waals surface area contributed by atoms with E-state index in [1.54, 1.807) is 13.8 Å². The van der Waals surface area contributed by atoms with Crippen molar-refractivity contribution in [2.45, 2.75) is 13.8 Å². The molecule has 0 rings (SSSR count). The lowest BCUT2D eigenvalue weighted by molar-refractivity contribution is -0.133. The molecule has 0 aliphatic carbocycles. The summed E-state index contributed by atoms with van der Waals surface area (Å²) in [4.78, 5) is 10.2. The number of aliphatic hydroxyl groups excluding tert-OH is 1. The minimum absolute atomic E-state index is 0.0787. The highest BCUT2D eigenvalue weighted by molar-refractivity contribution is 5.87. The van der Waals surface area contributed by atoms with Gasteiger partial charge in [-0.15, -0.1) is 0 Å². The number of carboxylic acid groups (broad SMARTS) is 1. The quantitative estimate of drug-likeness (QED) is 0.532. The average Bonchev–Trinajstić information content (AvgIpc) is 1.64. The molecule has 0 radical (unpaired) electrons. The first-order valence-electron chi connectivity index (χ1n) is 2.60. The molecule has 0 aromatic carbocycles. The number of hydrogen-bond donors (Lipinski definition) is 2. The van der Waals surface area contributed by atoms with E-state index >= 15 is 0 Å². The Labute approximate surface area is 53.6 Å². The highest BCUT2D eigenvalue weighted by atomic mass is 16.4. The van der Waals surface area contributed by atoms with Crippen molar-refractivity contribution in [1.29, 1.82) is 0 Å². The van der Waals surface area contributed by atoms with Crippen LogP contribution < -0.4 is 0 Å². The highest BCUT2D eigenvalue weighted by Gasteiger charge is 2.05. The smallest absolute Gasteiger partial charge is 0.333 e. The van der Waals surface area contributed by atoms with Crippen molar-refractivity contribution in [3.8, 4) is 0 Å². The topological polar surface area (TPSA) is 57.5 Å². The zero-order valence-electron chi connectivity index (χ0n) is 5.51. The van der Waals surface area contributed by atoms with Gasteiger partial charge in [0.15, 0.2) is 0 Å². The number of hydrogen-bond acceptors (Lipinski definition) is 2. The van der Waals surface area contributed by atoms with Gasteiger partial charge < -0.3 is 10.2 Å². The van der Waals surface area contributed by atoms with Crippen molar-refractivity contribution in [2.24, 2.45) is 0 Å². The largest absolute Gasteiger partial charge is 0.478 e. The second-order valence-electron chi connectivity index (χ2n) is 1.94. The van der Waals surface area contributed by atoms with E-state index in [-0.39, 0.29) is 5.57 Å². The Hall–Kier alpha value is -0.830. The minimum atomic E-state index is -1.04. The van der Waals surface area contributed by atoms with Crippen molar-refractivity contribution in [2.75, 3.05) is 6.61 Å². The van der Waals surface area contributed by atoms with Gasteiger partial charge in [-0.2, -0.15) is 0 Å². The normalized spacial score (nSPS) is 8.78. The van der Waals surface area contributed by atoms with Gasteiger partial charge in [-0.1, -0.05) is 5.57 Å². The van der Waals surface area contributed by atoms with Gasteiger partial charge in [-0.05, 0) is 13.8 Å². The maximum Gasteiger partial charge on any atom is 0.333 e. The zero-order chi connectivity index (χ0) is 7.44. The lowest BCUT2D eigenvalue weighted by atomic mass is 10.2. The third-order valence-corrected chi connectivity index (χ3v) is 1.02. The summed E-state index contributed by atoms with van der Waals surface area (Å²) in [5, 5.41) is 16.8. The molecule has 0 atom stereocenters. The van der Waals surface area contributed by atoms with Gasteiger partial charge in [0.1, 0.15) is 0 Å². The number of aliphatic hydroxyl groups is 1. The summed E-state index contributed by atoms with van der Waals surface area (Å²) < 4.78 is 0. The maximum atomic E-state index is 10.2. The van der Waals surface area contributed by atoms with Gasteiger partial charge in [0.05, 0.1) is 12.2 Å². The second-order valence-corrected chi connectivity index (χ2v) is 1.94. The Balaban J connectivity index is 4.35. The number of carbonyl (C=O) groups is 1. The Kier molecular flexibility index (Phi) is 2.95. The van der Waals surface area contributed by atoms with Gasteiger partial charge in [0.25, 0.3) is 0 Å². The molecule has 0 heterocycles. The lowest BCUT2D eigenvalue weighted by Crippen LogP contribution is -2.06. The van der Waals surface area contributed by atoms with Crippen LogP contribution in [0.2, 0.25) is 0 Å². The number of carboxylic acids is 1. The predicted molar refractivity (Wildman–Crippen MR) is 33.1 cm³/mol. The molecule has 52 valence electrons. The first-order valence-corrected chi connectivity index (χ1v) is 2.60. The number of aliphatic carboxylic acids is 1. The Morgan fingerprint density at radius 1 is 1.44 bits per heavy atom. The summed E-state index contributed by atoms with van der Waals surface area (Å²) in [6, 6.07) is 0. The molecule has 0 unspecified atom stereocenters. The molecule has 0 aromatic heterocycles. The van der Waals surface area contributed by atoms with E-state index in [9.17, 15) is 4.79 Å². The van der Waals surface area contributed by atoms with E-state index in [2.05, 4.69) is 0 Å². The second kappa shape index (κ2) is 3.25. The fourth-order valence-corrected chi connectivity index (χ4v) is 0.440. The van der Waals surface area contributed by atoms with E-state index < -0.39 is 12.6 Å². The van der Waals surface area contributed by atoms with Crippen molar-refractivity contribution in [3.63, 3.8) is 0 Å². The monoisotopic (exact) mass is 130 g/mol. The van der Waals surface area contributed by atoms with Crippen LogP contribution in [0.5, 0.6) is 0 Å². The van der Waals surface area contributed by atoms with Crippen LogP contribution in [-0.2, 0) is 4.79 Å². The third-order valence-electron chi connectivity index (χ3n) is 1.02. The minimum Gasteiger partial charge on any atom is -0.478 e. The Morgan fingerprint density at radius 3 is 1.89 bits per heavy atom. The molecule has 0 saturated heterocycles. The van der Waals surface area contributed by atoms with Crippen molar-refractivity contribution in [3.05, 3.63) is 11.1 Å². The molecule has 3 heteroatoms. The molecule has 0 amide bonds. The van der Waals surface area contributed by atoms with Gasteiger partial charge in [-0.3, -0.25) is 0 Å². The van der Waals surface area contributed by atoms with Crippen LogP contribution in [-0.4, -0.2) is 22.8 Å². The van der Waals surface area contributed by atoms with E-state index in [4.69, 9.17) is 10.2 Å². The van der Waals surface area contributed by atoms with Crippen LogP contribution in [0.25, 0.3) is 0 Å². The average molecular weight is 130 g/mol. The maximum absolute atomic E-state index is 10.2. The summed E-state index contributed by atoms with van der Waals surface area (Å²) >= 11 is 0. The first-order chi connectivity index (χ1) is 4.09. The van der Waals surface area contributed by atoms with Crippen LogP contribution in [0, 0.1) is 0 Å². The number of rotatable bonds is 2. The van der Waals surface area contributed by atoms with Gasteiger partial charge in [-0.25, -0.2) is 4.79 Å². The van der Waals surface area contributed by atoms with Crippen LogP contribution in [0.4, 0.5) is 0 Å².